The van der Waals surface area contributed by atoms with E-state index in [4.69, 9.17) is 9.40 Å². The Balaban J connectivity index is 1.58. The molecule has 0 aliphatic heterocycles. The summed E-state index contributed by atoms with van der Waals surface area (Å²) in [6, 6.07) is 21.7. The van der Waals surface area contributed by atoms with Gasteiger partial charge in [-0.05, 0) is 65.4 Å². The van der Waals surface area contributed by atoms with Gasteiger partial charge in [0, 0.05) is 27.2 Å². The van der Waals surface area contributed by atoms with E-state index in [1.54, 1.807) is 0 Å². The lowest BCUT2D eigenvalue weighted by atomic mass is 10.0. The molecule has 0 atom stereocenters. The van der Waals surface area contributed by atoms with Gasteiger partial charge < -0.3 is 4.42 Å². The van der Waals surface area contributed by atoms with E-state index in [-0.39, 0.29) is 0 Å². The predicted octanol–water partition coefficient (Wildman–Crippen LogP) is 8.52. The van der Waals surface area contributed by atoms with Crippen molar-refractivity contribution in [1.82, 2.24) is 4.98 Å². The highest BCUT2D eigenvalue weighted by Gasteiger charge is 2.17. The minimum absolute atomic E-state index is 0.629. The first kappa shape index (κ1) is 18.6. The highest BCUT2D eigenvalue weighted by Crippen LogP contribution is 2.43. The first-order chi connectivity index (χ1) is 15.1. The van der Waals surface area contributed by atoms with E-state index in [0.29, 0.717) is 5.92 Å². The van der Waals surface area contributed by atoms with Crippen molar-refractivity contribution in [3.8, 4) is 11.3 Å². The van der Waals surface area contributed by atoms with Crippen LogP contribution in [0.15, 0.2) is 71.3 Å². The van der Waals surface area contributed by atoms with Crippen LogP contribution in [0.4, 0.5) is 0 Å². The number of aromatic nitrogens is 1. The maximum atomic E-state index is 6.37. The number of benzene rings is 3. The van der Waals surface area contributed by atoms with Gasteiger partial charge in [-0.25, -0.2) is 0 Å². The van der Waals surface area contributed by atoms with Crippen molar-refractivity contribution in [3.63, 3.8) is 0 Å². The molecule has 2 nitrogen and oxygen atoms in total. The van der Waals surface area contributed by atoms with Gasteiger partial charge in [0.2, 0.25) is 0 Å². The molecule has 0 fully saturated rings. The monoisotopic (exact) mass is 421 g/mol. The van der Waals surface area contributed by atoms with Crippen LogP contribution in [0.5, 0.6) is 0 Å². The Kier molecular flexibility index (Phi) is 4.15. The van der Waals surface area contributed by atoms with Crippen LogP contribution in [0.2, 0.25) is 0 Å². The molecule has 0 spiro atoms. The normalized spacial score (nSPS) is 12.1. The molecule has 3 heterocycles. The summed E-state index contributed by atoms with van der Waals surface area (Å²) in [7, 11) is 0. The highest BCUT2D eigenvalue weighted by atomic mass is 32.1. The molecule has 0 N–H and O–H groups in total. The van der Waals surface area contributed by atoms with Crippen molar-refractivity contribution >= 4 is 53.4 Å². The lowest BCUT2D eigenvalue weighted by molar-refractivity contribution is 0.626. The number of pyridine rings is 1. The standard InChI is InChI=1S/C28H23NOS/c1-16(2)12-18-8-9-20-15-25(30-24(20)13-18)22-10-11-29-26-23-14-19-6-4-5-7-21(19)17(3)27(23)31-28(22)26/h4-11,13-16H,12H2,1-3H3. The second-order valence-corrected chi connectivity index (χ2v) is 9.84. The second kappa shape index (κ2) is 6.93. The van der Waals surface area contributed by atoms with Crippen molar-refractivity contribution in [2.75, 3.05) is 0 Å². The molecule has 0 aliphatic rings. The molecule has 6 rings (SSSR count). The van der Waals surface area contributed by atoms with Crippen LogP contribution >= 0.6 is 11.3 Å². The Morgan fingerprint density at radius 3 is 2.65 bits per heavy atom. The Morgan fingerprint density at radius 1 is 0.903 bits per heavy atom. The molecule has 0 amide bonds. The molecular weight excluding hydrogens is 398 g/mol. The first-order valence-corrected chi connectivity index (χ1v) is 11.6. The number of rotatable bonds is 3. The van der Waals surface area contributed by atoms with Gasteiger partial charge in [0.25, 0.3) is 0 Å². The highest BCUT2D eigenvalue weighted by molar-refractivity contribution is 7.26. The molecule has 0 unspecified atom stereocenters. The van der Waals surface area contributed by atoms with Gasteiger partial charge in [0.15, 0.2) is 0 Å². The molecule has 3 aromatic heterocycles. The number of furan rings is 1. The van der Waals surface area contributed by atoms with Gasteiger partial charge in [0.1, 0.15) is 11.3 Å². The van der Waals surface area contributed by atoms with E-state index >= 15 is 0 Å². The summed E-state index contributed by atoms with van der Waals surface area (Å²) in [5, 5.41) is 4.95. The van der Waals surface area contributed by atoms with E-state index in [9.17, 15) is 0 Å². The van der Waals surface area contributed by atoms with Crippen LogP contribution in [0.3, 0.4) is 0 Å². The summed E-state index contributed by atoms with van der Waals surface area (Å²) in [4.78, 5) is 4.77. The molecule has 152 valence electrons. The third kappa shape index (κ3) is 2.95. The van der Waals surface area contributed by atoms with E-state index in [1.165, 1.54) is 36.7 Å². The van der Waals surface area contributed by atoms with Crippen LogP contribution in [-0.4, -0.2) is 4.98 Å². The number of hydrogen-bond acceptors (Lipinski definition) is 3. The zero-order valence-electron chi connectivity index (χ0n) is 17.9. The third-order valence-electron chi connectivity index (χ3n) is 6.11. The molecule has 0 bridgehead atoms. The van der Waals surface area contributed by atoms with Crippen molar-refractivity contribution in [2.45, 2.75) is 27.2 Å². The molecule has 0 saturated heterocycles. The van der Waals surface area contributed by atoms with Crippen LogP contribution in [0.1, 0.15) is 25.0 Å². The second-order valence-electron chi connectivity index (χ2n) is 8.82. The fourth-order valence-corrected chi connectivity index (χ4v) is 5.93. The van der Waals surface area contributed by atoms with Crippen molar-refractivity contribution in [2.24, 2.45) is 5.92 Å². The number of aryl methyl sites for hydroxylation is 1. The lowest BCUT2D eigenvalue weighted by Crippen LogP contribution is -1.92. The molecule has 3 aromatic carbocycles. The minimum Gasteiger partial charge on any atom is -0.456 e. The number of thiophene rings is 1. The summed E-state index contributed by atoms with van der Waals surface area (Å²) < 4.78 is 8.87. The topological polar surface area (TPSA) is 26.0 Å². The van der Waals surface area contributed by atoms with Gasteiger partial charge in [0.05, 0.1) is 10.2 Å². The van der Waals surface area contributed by atoms with Crippen molar-refractivity contribution in [3.05, 3.63) is 78.0 Å². The van der Waals surface area contributed by atoms with Crippen LogP contribution < -0.4 is 0 Å². The fraction of sp³-hybridized carbons (Fsp3) is 0.179. The smallest absolute Gasteiger partial charge is 0.136 e. The largest absolute Gasteiger partial charge is 0.456 e. The van der Waals surface area contributed by atoms with Gasteiger partial charge in [-0.15, -0.1) is 11.3 Å². The van der Waals surface area contributed by atoms with Gasteiger partial charge in [-0.1, -0.05) is 50.2 Å². The number of hydrogen-bond donors (Lipinski definition) is 0. The first-order valence-electron chi connectivity index (χ1n) is 10.8. The Morgan fingerprint density at radius 2 is 1.77 bits per heavy atom. The molecule has 31 heavy (non-hydrogen) atoms. The maximum Gasteiger partial charge on any atom is 0.136 e. The van der Waals surface area contributed by atoms with E-state index in [2.05, 4.69) is 81.4 Å². The SMILES string of the molecule is Cc1c2ccccc2cc2c1sc1c(-c3cc4ccc(CC(C)C)cc4o3)ccnc12. The number of nitrogens with zero attached hydrogens (tertiary/aromatic N) is 1. The molecule has 0 saturated carbocycles. The average Bonchev–Trinajstić information content (AvgIpc) is 3.35. The zero-order chi connectivity index (χ0) is 21.1. The summed E-state index contributed by atoms with van der Waals surface area (Å²) in [6.07, 6.45) is 2.97. The van der Waals surface area contributed by atoms with Crippen LogP contribution in [-0.2, 0) is 6.42 Å². The summed E-state index contributed by atoms with van der Waals surface area (Å²) >= 11 is 1.82. The Labute approximate surface area is 185 Å². The number of fused-ring (bicyclic) bond motifs is 5. The van der Waals surface area contributed by atoms with E-state index < -0.39 is 0 Å². The van der Waals surface area contributed by atoms with Gasteiger partial charge >= 0.3 is 0 Å². The van der Waals surface area contributed by atoms with E-state index in [0.717, 1.165) is 34.2 Å². The molecule has 6 aromatic rings. The summed E-state index contributed by atoms with van der Waals surface area (Å²) in [5.41, 5.74) is 5.79. The molecule has 0 aliphatic carbocycles. The lowest BCUT2D eigenvalue weighted by Gasteiger charge is -2.03. The molecular formula is C28H23NOS. The van der Waals surface area contributed by atoms with Gasteiger partial charge in [-0.2, -0.15) is 0 Å². The summed E-state index contributed by atoms with van der Waals surface area (Å²) in [5.74, 6) is 1.54. The predicted molar refractivity (Wildman–Crippen MR) is 133 cm³/mol. The molecule has 3 heteroatoms. The van der Waals surface area contributed by atoms with Crippen molar-refractivity contribution in [1.29, 1.82) is 0 Å². The quantitative estimate of drug-likeness (QED) is 0.286. The fourth-order valence-electron chi connectivity index (χ4n) is 4.66. The van der Waals surface area contributed by atoms with Crippen LogP contribution in [0, 0.1) is 12.8 Å². The van der Waals surface area contributed by atoms with E-state index in [1.807, 2.05) is 17.5 Å². The average molecular weight is 422 g/mol. The Bertz CT molecular complexity index is 1600. The molecule has 0 radical (unpaired) electrons. The maximum absolute atomic E-state index is 6.37. The minimum atomic E-state index is 0.629. The third-order valence-corrected chi connectivity index (χ3v) is 7.46. The summed E-state index contributed by atoms with van der Waals surface area (Å²) in [6.45, 7) is 6.72. The van der Waals surface area contributed by atoms with Crippen LogP contribution in [0.25, 0.3) is 53.4 Å². The zero-order valence-corrected chi connectivity index (χ0v) is 18.7. The Hall–Kier alpha value is -3.17. The van der Waals surface area contributed by atoms with Gasteiger partial charge in [-0.3, -0.25) is 4.98 Å². The van der Waals surface area contributed by atoms with Crippen molar-refractivity contribution < 1.29 is 4.42 Å².